The van der Waals surface area contributed by atoms with Gasteiger partial charge in [0.05, 0.1) is 0 Å². The van der Waals surface area contributed by atoms with Crippen molar-refractivity contribution < 1.29 is 4.39 Å². The maximum atomic E-state index is 12.8. The molecule has 0 spiro atoms. The van der Waals surface area contributed by atoms with Crippen LogP contribution in [0.3, 0.4) is 0 Å². The Labute approximate surface area is 97.5 Å². The minimum Gasteiger partial charge on any atom is -0.311 e. The van der Waals surface area contributed by atoms with E-state index in [9.17, 15) is 4.39 Å². The summed E-state index contributed by atoms with van der Waals surface area (Å²) in [5, 5.41) is 3.38. The van der Waals surface area contributed by atoms with Crippen LogP contribution in [0.5, 0.6) is 0 Å². The summed E-state index contributed by atoms with van der Waals surface area (Å²) < 4.78 is 13.6. The highest BCUT2D eigenvalue weighted by Gasteiger charge is 2.18. The normalized spacial score (nSPS) is 16.1. The van der Waals surface area contributed by atoms with Crippen LogP contribution in [-0.4, -0.2) is 12.6 Å². The maximum absolute atomic E-state index is 12.8. The van der Waals surface area contributed by atoms with Gasteiger partial charge in [0, 0.05) is 17.1 Å². The molecule has 1 aliphatic carbocycles. The molecule has 3 heteroatoms. The van der Waals surface area contributed by atoms with Gasteiger partial charge in [-0.15, -0.1) is 0 Å². The van der Waals surface area contributed by atoms with Gasteiger partial charge in [-0.3, -0.25) is 0 Å². The third-order valence-electron chi connectivity index (χ3n) is 2.36. The molecular formula is C12H13BrFN. The minimum atomic E-state index is -0.213. The van der Waals surface area contributed by atoms with E-state index in [2.05, 4.69) is 27.3 Å². The molecular weight excluding hydrogens is 257 g/mol. The van der Waals surface area contributed by atoms with Gasteiger partial charge in [-0.1, -0.05) is 34.1 Å². The molecule has 0 radical (unpaired) electrons. The van der Waals surface area contributed by atoms with E-state index in [-0.39, 0.29) is 5.82 Å². The van der Waals surface area contributed by atoms with E-state index >= 15 is 0 Å². The summed E-state index contributed by atoms with van der Waals surface area (Å²) in [6, 6.07) is 5.45. The van der Waals surface area contributed by atoms with Crippen LogP contribution in [0.15, 0.2) is 28.7 Å². The molecule has 80 valence electrons. The van der Waals surface area contributed by atoms with E-state index in [1.807, 2.05) is 6.08 Å². The lowest BCUT2D eigenvalue weighted by atomic mass is 10.2. The number of nitrogens with one attached hydrogen (secondary N) is 1. The van der Waals surface area contributed by atoms with Crippen molar-refractivity contribution in [3.63, 3.8) is 0 Å². The smallest absolute Gasteiger partial charge is 0.124 e. The van der Waals surface area contributed by atoms with E-state index in [1.54, 1.807) is 6.07 Å². The third kappa shape index (κ3) is 3.43. The standard InChI is InChI=1S/C12H13BrFN/c13-12-8-10(14)4-3-9(12)2-1-7-15-11-5-6-11/h1-4,8,11,15H,5-7H2/b2-1+. The summed E-state index contributed by atoms with van der Waals surface area (Å²) in [5.41, 5.74) is 1.01. The zero-order chi connectivity index (χ0) is 10.7. The predicted molar refractivity (Wildman–Crippen MR) is 64.2 cm³/mol. The Kier molecular flexibility index (Phi) is 3.54. The Morgan fingerprint density at radius 1 is 1.47 bits per heavy atom. The van der Waals surface area contributed by atoms with Crippen LogP contribution in [0.1, 0.15) is 18.4 Å². The van der Waals surface area contributed by atoms with Crippen molar-refractivity contribution in [2.45, 2.75) is 18.9 Å². The third-order valence-corrected chi connectivity index (χ3v) is 3.05. The molecule has 0 saturated heterocycles. The molecule has 0 amide bonds. The molecule has 1 aliphatic rings. The molecule has 0 aromatic heterocycles. The highest BCUT2D eigenvalue weighted by Crippen LogP contribution is 2.20. The molecule has 1 nitrogen and oxygen atoms in total. The average molecular weight is 270 g/mol. The van der Waals surface area contributed by atoms with Gasteiger partial charge in [0.2, 0.25) is 0 Å². The molecule has 15 heavy (non-hydrogen) atoms. The monoisotopic (exact) mass is 269 g/mol. The van der Waals surface area contributed by atoms with Crippen molar-refractivity contribution >= 4 is 22.0 Å². The molecule has 0 bridgehead atoms. The first-order valence-corrected chi connectivity index (χ1v) is 5.90. The fourth-order valence-corrected chi connectivity index (χ4v) is 1.83. The van der Waals surface area contributed by atoms with Gasteiger partial charge in [0.25, 0.3) is 0 Å². The van der Waals surface area contributed by atoms with E-state index in [1.165, 1.54) is 25.0 Å². The topological polar surface area (TPSA) is 12.0 Å². The largest absolute Gasteiger partial charge is 0.311 e. The van der Waals surface area contributed by atoms with Crippen LogP contribution in [0.4, 0.5) is 4.39 Å². The van der Waals surface area contributed by atoms with Crippen molar-refractivity contribution in [3.8, 4) is 0 Å². The van der Waals surface area contributed by atoms with E-state index in [0.717, 1.165) is 22.6 Å². The van der Waals surface area contributed by atoms with Crippen molar-refractivity contribution in [2.24, 2.45) is 0 Å². The molecule has 0 heterocycles. The molecule has 0 aliphatic heterocycles. The van der Waals surface area contributed by atoms with Crippen LogP contribution < -0.4 is 5.32 Å². The van der Waals surface area contributed by atoms with Crippen molar-refractivity contribution in [3.05, 3.63) is 40.1 Å². The highest BCUT2D eigenvalue weighted by molar-refractivity contribution is 9.10. The number of hydrogen-bond acceptors (Lipinski definition) is 1. The van der Waals surface area contributed by atoms with Crippen LogP contribution >= 0.6 is 15.9 Å². The first-order chi connectivity index (χ1) is 7.25. The second-order valence-corrected chi connectivity index (χ2v) is 4.61. The van der Waals surface area contributed by atoms with Crippen molar-refractivity contribution in [1.29, 1.82) is 0 Å². The second-order valence-electron chi connectivity index (χ2n) is 3.75. The van der Waals surface area contributed by atoms with Crippen LogP contribution in [0.2, 0.25) is 0 Å². The maximum Gasteiger partial charge on any atom is 0.124 e. The molecule has 1 N–H and O–H groups in total. The van der Waals surface area contributed by atoms with Gasteiger partial charge < -0.3 is 5.32 Å². The average Bonchev–Trinajstić information content (AvgIpc) is 2.99. The van der Waals surface area contributed by atoms with Gasteiger partial charge in [-0.05, 0) is 30.5 Å². The zero-order valence-electron chi connectivity index (χ0n) is 8.34. The van der Waals surface area contributed by atoms with Gasteiger partial charge >= 0.3 is 0 Å². The summed E-state index contributed by atoms with van der Waals surface area (Å²) >= 11 is 3.33. The van der Waals surface area contributed by atoms with Crippen LogP contribution in [0, 0.1) is 5.82 Å². The second kappa shape index (κ2) is 4.90. The Morgan fingerprint density at radius 2 is 2.27 bits per heavy atom. The Balaban J connectivity index is 1.90. The van der Waals surface area contributed by atoms with Gasteiger partial charge in [-0.2, -0.15) is 0 Å². The number of benzene rings is 1. The quantitative estimate of drug-likeness (QED) is 0.884. The highest BCUT2D eigenvalue weighted by atomic mass is 79.9. The summed E-state index contributed by atoms with van der Waals surface area (Å²) in [6.07, 6.45) is 6.66. The fourth-order valence-electron chi connectivity index (χ4n) is 1.34. The van der Waals surface area contributed by atoms with Crippen molar-refractivity contribution in [1.82, 2.24) is 5.32 Å². The number of halogens is 2. The summed E-state index contributed by atoms with van der Waals surface area (Å²) in [7, 11) is 0. The van der Waals surface area contributed by atoms with Crippen molar-refractivity contribution in [2.75, 3.05) is 6.54 Å². The molecule has 1 aromatic rings. The summed E-state index contributed by atoms with van der Waals surface area (Å²) in [6.45, 7) is 0.883. The molecule has 2 rings (SSSR count). The van der Waals surface area contributed by atoms with E-state index in [0.29, 0.717) is 0 Å². The van der Waals surface area contributed by atoms with Gasteiger partial charge in [0.1, 0.15) is 5.82 Å². The fraction of sp³-hybridized carbons (Fsp3) is 0.333. The van der Waals surface area contributed by atoms with E-state index in [4.69, 9.17) is 0 Å². The lowest BCUT2D eigenvalue weighted by Crippen LogP contribution is -2.15. The van der Waals surface area contributed by atoms with Crippen LogP contribution in [-0.2, 0) is 0 Å². The SMILES string of the molecule is Fc1ccc(/C=C/CNC2CC2)c(Br)c1. The minimum absolute atomic E-state index is 0.213. The molecule has 1 fully saturated rings. The summed E-state index contributed by atoms with van der Waals surface area (Å²) in [4.78, 5) is 0. The lowest BCUT2D eigenvalue weighted by Gasteiger charge is -1.99. The summed E-state index contributed by atoms with van der Waals surface area (Å²) in [5.74, 6) is -0.213. The molecule has 1 saturated carbocycles. The van der Waals surface area contributed by atoms with Crippen LogP contribution in [0.25, 0.3) is 6.08 Å². The molecule has 0 atom stereocenters. The first kappa shape index (κ1) is 10.8. The predicted octanol–water partition coefficient (Wildman–Crippen LogP) is 3.35. The zero-order valence-corrected chi connectivity index (χ0v) is 9.93. The van der Waals surface area contributed by atoms with E-state index < -0.39 is 0 Å². The molecule has 0 unspecified atom stereocenters. The van der Waals surface area contributed by atoms with Gasteiger partial charge in [0.15, 0.2) is 0 Å². The first-order valence-electron chi connectivity index (χ1n) is 5.10. The lowest BCUT2D eigenvalue weighted by molar-refractivity contribution is 0.627. The number of hydrogen-bond donors (Lipinski definition) is 1. The Morgan fingerprint density at radius 3 is 2.93 bits per heavy atom. The Hall–Kier alpha value is -0.670. The Bertz CT molecular complexity index is 372. The molecule has 1 aromatic carbocycles. The number of rotatable bonds is 4. The van der Waals surface area contributed by atoms with Gasteiger partial charge in [-0.25, -0.2) is 4.39 Å².